The van der Waals surface area contributed by atoms with Crippen molar-refractivity contribution in [2.24, 2.45) is 17.6 Å². The predicted octanol–water partition coefficient (Wildman–Crippen LogP) is 4.34. The van der Waals surface area contributed by atoms with Crippen LogP contribution in [-0.2, 0) is 0 Å². The number of rotatable bonds is 6. The van der Waals surface area contributed by atoms with Gasteiger partial charge in [0.15, 0.2) is 0 Å². The zero-order valence-corrected chi connectivity index (χ0v) is 13.0. The van der Waals surface area contributed by atoms with Gasteiger partial charge in [0, 0.05) is 0 Å². The minimum atomic E-state index is 0.484. The Bertz CT molecular complexity index is 398. The molecular formula is C18H29NO. The van der Waals surface area contributed by atoms with Gasteiger partial charge in [-0.05, 0) is 54.8 Å². The highest BCUT2D eigenvalue weighted by Crippen LogP contribution is 2.28. The summed E-state index contributed by atoms with van der Waals surface area (Å²) in [5, 5.41) is 0. The Balaban J connectivity index is 1.91. The monoisotopic (exact) mass is 275 g/mol. The maximum atomic E-state index is 6.02. The zero-order chi connectivity index (χ0) is 14.4. The molecule has 0 aromatic heterocycles. The van der Waals surface area contributed by atoms with Crippen molar-refractivity contribution in [2.75, 3.05) is 13.2 Å². The molecular weight excluding hydrogens is 246 g/mol. The molecule has 2 nitrogen and oxygen atoms in total. The Labute approximate surface area is 123 Å². The van der Waals surface area contributed by atoms with Crippen molar-refractivity contribution in [3.8, 4) is 5.75 Å². The molecule has 2 N–H and O–H groups in total. The predicted molar refractivity (Wildman–Crippen MR) is 85.1 cm³/mol. The van der Waals surface area contributed by atoms with Crippen LogP contribution in [0.2, 0.25) is 0 Å². The van der Waals surface area contributed by atoms with Gasteiger partial charge in [0.25, 0.3) is 0 Å². The van der Waals surface area contributed by atoms with Crippen LogP contribution in [0.25, 0.3) is 0 Å². The van der Waals surface area contributed by atoms with Gasteiger partial charge in [-0.1, -0.05) is 45.2 Å². The number of hydrogen-bond acceptors (Lipinski definition) is 2. The highest BCUT2D eigenvalue weighted by atomic mass is 16.5. The minimum absolute atomic E-state index is 0.484. The zero-order valence-electron chi connectivity index (χ0n) is 13.0. The molecule has 0 bridgehead atoms. The summed E-state index contributed by atoms with van der Waals surface area (Å²) in [4.78, 5) is 0. The third-order valence-corrected chi connectivity index (χ3v) is 4.82. The van der Waals surface area contributed by atoms with E-state index in [9.17, 15) is 0 Å². The van der Waals surface area contributed by atoms with E-state index in [0.717, 1.165) is 24.8 Å². The second-order valence-electron chi connectivity index (χ2n) is 6.39. The molecule has 1 aromatic rings. The van der Waals surface area contributed by atoms with Crippen LogP contribution in [0, 0.1) is 11.8 Å². The van der Waals surface area contributed by atoms with Crippen molar-refractivity contribution in [2.45, 2.75) is 51.9 Å². The smallest absolute Gasteiger partial charge is 0.119 e. The number of nitrogens with two attached hydrogens (primary N) is 1. The summed E-state index contributed by atoms with van der Waals surface area (Å²) in [5.41, 5.74) is 7.11. The molecule has 2 atom stereocenters. The van der Waals surface area contributed by atoms with E-state index in [1.54, 1.807) is 0 Å². The number of hydrogen-bond donors (Lipinski definition) is 1. The third kappa shape index (κ3) is 4.24. The number of benzene rings is 1. The highest BCUT2D eigenvalue weighted by molar-refractivity contribution is 5.31. The second-order valence-corrected chi connectivity index (χ2v) is 6.39. The summed E-state index contributed by atoms with van der Waals surface area (Å²) in [7, 11) is 0. The molecule has 2 heteroatoms. The van der Waals surface area contributed by atoms with Crippen LogP contribution in [0.3, 0.4) is 0 Å². The van der Waals surface area contributed by atoms with Gasteiger partial charge >= 0.3 is 0 Å². The highest BCUT2D eigenvalue weighted by Gasteiger charge is 2.15. The quantitative estimate of drug-likeness (QED) is 0.838. The first kappa shape index (κ1) is 15.4. The Kier molecular flexibility index (Phi) is 5.90. The molecule has 0 spiro atoms. The first-order valence-corrected chi connectivity index (χ1v) is 8.13. The van der Waals surface area contributed by atoms with E-state index in [-0.39, 0.29) is 0 Å². The largest absolute Gasteiger partial charge is 0.493 e. The molecule has 0 unspecified atom stereocenters. The summed E-state index contributed by atoms with van der Waals surface area (Å²) in [6.07, 6.45) is 6.82. The molecule has 112 valence electrons. The van der Waals surface area contributed by atoms with E-state index >= 15 is 0 Å². The normalized spacial score (nSPS) is 19.6. The first-order chi connectivity index (χ1) is 9.70. The van der Waals surface area contributed by atoms with Gasteiger partial charge in [-0.2, -0.15) is 0 Å². The average Bonchev–Trinajstić information content (AvgIpc) is 2.52. The van der Waals surface area contributed by atoms with E-state index in [1.165, 1.54) is 37.7 Å². The molecule has 1 fully saturated rings. The molecule has 0 aliphatic heterocycles. The molecule has 1 aromatic carbocycles. The summed E-state index contributed by atoms with van der Waals surface area (Å²) in [5.74, 6) is 2.76. The Morgan fingerprint density at radius 2 is 1.95 bits per heavy atom. The molecule has 0 saturated heterocycles. The van der Waals surface area contributed by atoms with Gasteiger partial charge < -0.3 is 10.5 Å². The van der Waals surface area contributed by atoms with E-state index < -0.39 is 0 Å². The number of ether oxygens (including phenoxy) is 1. The standard InChI is InChI=1S/C18H29NO/c1-14(12-19)15(2)17-9-6-10-18(11-17)20-13-16-7-4-3-5-8-16/h6,9-11,14-16H,3-5,7-8,12-13,19H2,1-2H3/t14-,15+/m0/s1. The van der Waals surface area contributed by atoms with Crippen LogP contribution in [-0.4, -0.2) is 13.2 Å². The van der Waals surface area contributed by atoms with Crippen LogP contribution in [0.4, 0.5) is 0 Å². The van der Waals surface area contributed by atoms with E-state index in [0.29, 0.717) is 11.8 Å². The fourth-order valence-corrected chi connectivity index (χ4v) is 2.99. The fourth-order valence-electron chi connectivity index (χ4n) is 2.99. The van der Waals surface area contributed by atoms with E-state index in [2.05, 4.69) is 38.1 Å². The molecule has 1 saturated carbocycles. The van der Waals surface area contributed by atoms with Crippen LogP contribution in [0.1, 0.15) is 57.4 Å². The van der Waals surface area contributed by atoms with Gasteiger partial charge in [0.05, 0.1) is 6.61 Å². The lowest BCUT2D eigenvalue weighted by molar-refractivity contribution is 0.208. The van der Waals surface area contributed by atoms with Crippen LogP contribution in [0.5, 0.6) is 5.75 Å². The summed E-state index contributed by atoms with van der Waals surface area (Å²) < 4.78 is 6.02. The minimum Gasteiger partial charge on any atom is -0.493 e. The van der Waals surface area contributed by atoms with E-state index in [4.69, 9.17) is 10.5 Å². The second kappa shape index (κ2) is 7.68. The maximum absolute atomic E-state index is 6.02. The van der Waals surface area contributed by atoms with Crippen molar-refractivity contribution >= 4 is 0 Å². The van der Waals surface area contributed by atoms with Gasteiger partial charge in [-0.25, -0.2) is 0 Å². The molecule has 0 amide bonds. The first-order valence-electron chi connectivity index (χ1n) is 8.13. The van der Waals surface area contributed by atoms with Crippen LogP contribution in [0.15, 0.2) is 24.3 Å². The summed E-state index contributed by atoms with van der Waals surface area (Å²) in [6, 6.07) is 8.56. The molecule has 0 radical (unpaired) electrons. The summed E-state index contributed by atoms with van der Waals surface area (Å²) >= 11 is 0. The Morgan fingerprint density at radius 1 is 1.20 bits per heavy atom. The topological polar surface area (TPSA) is 35.2 Å². The maximum Gasteiger partial charge on any atom is 0.119 e. The van der Waals surface area contributed by atoms with Crippen molar-refractivity contribution < 1.29 is 4.74 Å². The molecule has 1 aliphatic carbocycles. The fraction of sp³-hybridized carbons (Fsp3) is 0.667. The van der Waals surface area contributed by atoms with Gasteiger partial charge in [0.1, 0.15) is 5.75 Å². The van der Waals surface area contributed by atoms with Crippen molar-refractivity contribution in [1.82, 2.24) is 0 Å². The van der Waals surface area contributed by atoms with Gasteiger partial charge in [-0.3, -0.25) is 0 Å². The lowest BCUT2D eigenvalue weighted by Crippen LogP contribution is -2.17. The lowest BCUT2D eigenvalue weighted by Gasteiger charge is -2.22. The Hall–Kier alpha value is -1.02. The summed E-state index contributed by atoms with van der Waals surface area (Å²) in [6.45, 7) is 6.07. The van der Waals surface area contributed by atoms with Crippen molar-refractivity contribution in [3.63, 3.8) is 0 Å². The lowest BCUT2D eigenvalue weighted by atomic mass is 9.89. The molecule has 1 aliphatic rings. The van der Waals surface area contributed by atoms with E-state index in [1.807, 2.05) is 0 Å². The Morgan fingerprint density at radius 3 is 2.65 bits per heavy atom. The van der Waals surface area contributed by atoms with Crippen LogP contribution >= 0.6 is 0 Å². The van der Waals surface area contributed by atoms with Crippen LogP contribution < -0.4 is 10.5 Å². The third-order valence-electron chi connectivity index (χ3n) is 4.82. The van der Waals surface area contributed by atoms with Crippen molar-refractivity contribution in [1.29, 1.82) is 0 Å². The van der Waals surface area contributed by atoms with Gasteiger partial charge in [0.2, 0.25) is 0 Å². The SMILES string of the molecule is C[C@@H](CN)[C@@H](C)c1cccc(OCC2CCCCC2)c1. The van der Waals surface area contributed by atoms with Crippen molar-refractivity contribution in [3.05, 3.63) is 29.8 Å². The van der Waals surface area contributed by atoms with Gasteiger partial charge in [-0.15, -0.1) is 0 Å². The molecule has 2 rings (SSSR count). The average molecular weight is 275 g/mol. The molecule has 0 heterocycles. The molecule has 20 heavy (non-hydrogen) atoms.